The van der Waals surface area contributed by atoms with Crippen molar-refractivity contribution in [1.82, 2.24) is 4.31 Å². The molecular weight excluding hydrogens is 412 g/mol. The molecule has 0 saturated heterocycles. The average Bonchev–Trinajstić information content (AvgIpc) is 2.55. The molecule has 2 aromatic carbocycles. The van der Waals surface area contributed by atoms with Gasteiger partial charge in [-0.05, 0) is 30.3 Å². The number of carbonyl (C=O) groups excluding carboxylic acids is 1. The Balaban J connectivity index is 2.15. The second kappa shape index (κ2) is 7.83. The third kappa shape index (κ3) is 4.96. The van der Waals surface area contributed by atoms with Crippen LogP contribution >= 0.6 is 11.6 Å². The Labute approximate surface area is 157 Å². The third-order valence-electron chi connectivity index (χ3n) is 3.45. The molecule has 0 saturated carbocycles. The summed E-state index contributed by atoms with van der Waals surface area (Å²) in [5.41, 5.74) is -1.36. The van der Waals surface area contributed by atoms with Crippen molar-refractivity contribution < 1.29 is 30.8 Å². The average molecular weight is 425 g/mol. The van der Waals surface area contributed by atoms with Crippen LogP contribution in [-0.4, -0.2) is 32.2 Å². The van der Waals surface area contributed by atoms with E-state index in [-0.39, 0.29) is 5.69 Å². The van der Waals surface area contributed by atoms with E-state index in [1.54, 1.807) is 0 Å². The number of anilines is 1. The van der Waals surface area contributed by atoms with Gasteiger partial charge in [0.25, 0.3) is 0 Å². The normalized spacial score (nSPS) is 12.3. The minimum Gasteiger partial charge on any atom is -0.325 e. The molecule has 1 amide bonds. The highest BCUT2D eigenvalue weighted by Gasteiger charge is 2.33. The molecule has 27 heavy (non-hydrogen) atoms. The molecule has 0 radical (unpaired) electrons. The molecule has 0 aliphatic carbocycles. The summed E-state index contributed by atoms with van der Waals surface area (Å²) in [6, 6.07) is 7.34. The van der Waals surface area contributed by atoms with Crippen LogP contribution in [0.3, 0.4) is 0 Å². The zero-order chi connectivity index (χ0) is 20.4. The number of amides is 1. The fourth-order valence-electron chi connectivity index (χ4n) is 2.13. The van der Waals surface area contributed by atoms with Crippen LogP contribution in [0.4, 0.5) is 23.2 Å². The fourth-order valence-corrected chi connectivity index (χ4v) is 3.54. The number of halogens is 5. The molecule has 5 nitrogen and oxygen atoms in total. The van der Waals surface area contributed by atoms with Gasteiger partial charge in [0.1, 0.15) is 10.7 Å². The number of carbonyl (C=O) groups is 1. The smallest absolute Gasteiger partial charge is 0.325 e. The summed E-state index contributed by atoms with van der Waals surface area (Å²) in [5.74, 6) is -1.90. The largest absolute Gasteiger partial charge is 0.417 e. The van der Waals surface area contributed by atoms with Crippen molar-refractivity contribution in [3.05, 3.63) is 58.9 Å². The highest BCUT2D eigenvalue weighted by molar-refractivity contribution is 7.89. The molecule has 0 aliphatic rings. The van der Waals surface area contributed by atoms with Gasteiger partial charge in [0.2, 0.25) is 15.9 Å². The first-order chi connectivity index (χ1) is 12.4. The summed E-state index contributed by atoms with van der Waals surface area (Å²) < 4.78 is 77.4. The second-order valence-electron chi connectivity index (χ2n) is 5.43. The maximum absolute atomic E-state index is 13.7. The number of benzene rings is 2. The molecule has 0 aromatic heterocycles. The Morgan fingerprint density at radius 3 is 2.41 bits per heavy atom. The summed E-state index contributed by atoms with van der Waals surface area (Å²) >= 11 is 5.49. The molecule has 0 spiro atoms. The lowest BCUT2D eigenvalue weighted by Crippen LogP contribution is -2.35. The number of hydrogen-bond acceptors (Lipinski definition) is 3. The highest BCUT2D eigenvalue weighted by Crippen LogP contribution is 2.36. The zero-order valence-corrected chi connectivity index (χ0v) is 15.3. The zero-order valence-electron chi connectivity index (χ0n) is 13.7. The molecule has 0 heterocycles. The summed E-state index contributed by atoms with van der Waals surface area (Å²) in [6.45, 7) is -0.735. The van der Waals surface area contributed by atoms with Gasteiger partial charge in [-0.15, -0.1) is 0 Å². The monoisotopic (exact) mass is 424 g/mol. The number of nitrogens with zero attached hydrogens (tertiary/aromatic N) is 1. The molecular formula is C16H13ClF4N2O3S. The number of sulfonamides is 1. The van der Waals surface area contributed by atoms with Crippen molar-refractivity contribution >= 4 is 33.2 Å². The van der Waals surface area contributed by atoms with Crippen LogP contribution < -0.4 is 5.32 Å². The number of nitrogens with one attached hydrogen (secondary N) is 1. The first-order valence-electron chi connectivity index (χ1n) is 7.30. The van der Waals surface area contributed by atoms with Crippen LogP contribution in [0, 0.1) is 5.82 Å². The Hall–Kier alpha value is -2.17. The van der Waals surface area contributed by atoms with Crippen LogP contribution in [0.5, 0.6) is 0 Å². The van der Waals surface area contributed by atoms with E-state index in [4.69, 9.17) is 11.6 Å². The van der Waals surface area contributed by atoms with Crippen LogP contribution in [0.2, 0.25) is 5.02 Å². The molecule has 0 unspecified atom stereocenters. The van der Waals surface area contributed by atoms with E-state index in [9.17, 15) is 30.8 Å². The van der Waals surface area contributed by atoms with Gasteiger partial charge in [-0.25, -0.2) is 12.8 Å². The molecule has 146 valence electrons. The lowest BCUT2D eigenvalue weighted by molar-refractivity contribution is -0.137. The van der Waals surface area contributed by atoms with E-state index in [2.05, 4.69) is 5.32 Å². The Kier molecular flexibility index (Phi) is 6.13. The minimum absolute atomic E-state index is 0.214. The predicted molar refractivity (Wildman–Crippen MR) is 91.3 cm³/mol. The number of hydrogen-bond donors (Lipinski definition) is 1. The lowest BCUT2D eigenvalue weighted by Gasteiger charge is -2.17. The number of likely N-dealkylation sites (N-methyl/N-ethyl adjacent to an activating group) is 1. The van der Waals surface area contributed by atoms with Gasteiger partial charge in [-0.3, -0.25) is 4.79 Å². The van der Waals surface area contributed by atoms with Gasteiger partial charge in [0.05, 0.1) is 17.1 Å². The molecule has 0 aliphatic heterocycles. The fraction of sp³-hybridized carbons (Fsp3) is 0.188. The lowest BCUT2D eigenvalue weighted by atomic mass is 10.2. The van der Waals surface area contributed by atoms with Crippen molar-refractivity contribution in [2.75, 3.05) is 18.9 Å². The van der Waals surface area contributed by atoms with Gasteiger partial charge in [-0.1, -0.05) is 23.7 Å². The van der Waals surface area contributed by atoms with Crippen molar-refractivity contribution in [1.29, 1.82) is 0 Å². The van der Waals surface area contributed by atoms with Crippen molar-refractivity contribution in [3.63, 3.8) is 0 Å². The van der Waals surface area contributed by atoms with Gasteiger partial charge in [0, 0.05) is 12.7 Å². The van der Waals surface area contributed by atoms with E-state index in [1.165, 1.54) is 12.1 Å². The minimum atomic E-state index is -4.72. The molecule has 0 atom stereocenters. The summed E-state index contributed by atoms with van der Waals surface area (Å²) in [7, 11) is -3.25. The summed E-state index contributed by atoms with van der Waals surface area (Å²) in [5, 5.41) is 1.61. The van der Waals surface area contributed by atoms with E-state index in [0.29, 0.717) is 10.4 Å². The van der Waals surface area contributed by atoms with Crippen LogP contribution in [0.25, 0.3) is 0 Å². The third-order valence-corrected chi connectivity index (χ3v) is 5.61. The van der Waals surface area contributed by atoms with E-state index < -0.39 is 50.0 Å². The molecule has 2 rings (SSSR count). The number of alkyl halides is 3. The first-order valence-corrected chi connectivity index (χ1v) is 9.12. The molecule has 11 heteroatoms. The summed E-state index contributed by atoms with van der Waals surface area (Å²) in [6.07, 6.45) is -4.72. The number of rotatable bonds is 5. The van der Waals surface area contributed by atoms with Crippen molar-refractivity contribution in [3.8, 4) is 0 Å². The quantitative estimate of drug-likeness (QED) is 0.743. The van der Waals surface area contributed by atoms with Gasteiger partial charge in [0.15, 0.2) is 0 Å². The van der Waals surface area contributed by atoms with E-state index in [1.807, 2.05) is 0 Å². The maximum Gasteiger partial charge on any atom is 0.417 e. The van der Waals surface area contributed by atoms with Crippen molar-refractivity contribution in [2.24, 2.45) is 0 Å². The predicted octanol–water partition coefficient (Wildman–Crippen LogP) is 3.76. The maximum atomic E-state index is 13.7. The first kappa shape index (κ1) is 21.1. The molecule has 1 N–H and O–H groups in total. The molecule has 2 aromatic rings. The van der Waals surface area contributed by atoms with Crippen molar-refractivity contribution in [2.45, 2.75) is 11.1 Å². The van der Waals surface area contributed by atoms with Gasteiger partial charge >= 0.3 is 6.18 Å². The highest BCUT2D eigenvalue weighted by atomic mass is 35.5. The van der Waals surface area contributed by atoms with Crippen LogP contribution in [0.15, 0.2) is 47.4 Å². The second-order valence-corrected chi connectivity index (χ2v) is 7.85. The Morgan fingerprint density at radius 1 is 1.19 bits per heavy atom. The van der Waals surface area contributed by atoms with Crippen LogP contribution in [0.1, 0.15) is 5.56 Å². The van der Waals surface area contributed by atoms with Crippen LogP contribution in [-0.2, 0) is 21.0 Å². The van der Waals surface area contributed by atoms with E-state index in [0.717, 1.165) is 31.3 Å². The molecule has 0 fully saturated rings. The SMILES string of the molecule is CN(CC(=O)Nc1ccc(Cl)c(C(F)(F)F)c1)S(=O)(=O)c1ccccc1F. The Bertz CT molecular complexity index is 964. The Morgan fingerprint density at radius 2 is 1.81 bits per heavy atom. The molecule has 0 bridgehead atoms. The van der Waals surface area contributed by atoms with Gasteiger partial charge < -0.3 is 5.32 Å². The standard InChI is InChI=1S/C16H13ClF4N2O3S/c1-23(27(25,26)14-5-3-2-4-13(14)18)9-15(24)22-10-6-7-12(17)11(8-10)16(19,20)21/h2-8H,9H2,1H3,(H,22,24). The summed E-state index contributed by atoms with van der Waals surface area (Å²) in [4.78, 5) is 11.4. The topological polar surface area (TPSA) is 66.5 Å². The van der Waals surface area contributed by atoms with Gasteiger partial charge in [-0.2, -0.15) is 17.5 Å². The van der Waals surface area contributed by atoms with E-state index >= 15 is 0 Å².